The Labute approximate surface area is 173 Å². The van der Waals surface area contributed by atoms with Gasteiger partial charge >= 0.3 is 0 Å². The Hall–Kier alpha value is -3.38. The molecule has 1 aromatic heterocycles. The van der Waals surface area contributed by atoms with Gasteiger partial charge in [0.25, 0.3) is 11.5 Å². The molecule has 0 saturated carbocycles. The van der Waals surface area contributed by atoms with Gasteiger partial charge in [-0.15, -0.1) is 0 Å². The normalized spacial score (nSPS) is 10.4. The molecule has 0 atom stereocenters. The molecule has 0 aliphatic heterocycles. The average molecular weight is 410 g/mol. The van der Waals surface area contributed by atoms with Crippen LogP contribution in [-0.2, 0) is 17.9 Å². The van der Waals surface area contributed by atoms with Crippen LogP contribution in [0.15, 0.2) is 71.7 Å². The summed E-state index contributed by atoms with van der Waals surface area (Å²) in [6.45, 7) is 2.06. The van der Waals surface area contributed by atoms with Crippen molar-refractivity contribution in [2.75, 3.05) is 5.32 Å². The highest BCUT2D eigenvalue weighted by atomic mass is 35.5. The number of aromatic nitrogens is 1. The number of amides is 2. The minimum Gasteiger partial charge on any atom is -0.348 e. The lowest BCUT2D eigenvalue weighted by atomic mass is 10.1. The molecule has 0 aliphatic carbocycles. The van der Waals surface area contributed by atoms with Crippen LogP contribution in [0.4, 0.5) is 5.69 Å². The second kappa shape index (κ2) is 9.21. The predicted molar refractivity (Wildman–Crippen MR) is 113 cm³/mol. The van der Waals surface area contributed by atoms with Crippen LogP contribution in [0.2, 0.25) is 5.02 Å². The summed E-state index contributed by atoms with van der Waals surface area (Å²) in [4.78, 5) is 36.3. The minimum atomic E-state index is -0.327. The smallest absolute Gasteiger partial charge is 0.251 e. The van der Waals surface area contributed by atoms with Crippen LogP contribution in [0.25, 0.3) is 0 Å². The van der Waals surface area contributed by atoms with Gasteiger partial charge in [0.15, 0.2) is 0 Å². The molecule has 0 unspecified atom stereocenters. The van der Waals surface area contributed by atoms with E-state index >= 15 is 0 Å². The Balaban J connectivity index is 1.56. The fourth-order valence-electron chi connectivity index (χ4n) is 2.72. The van der Waals surface area contributed by atoms with Gasteiger partial charge in [-0.25, -0.2) is 0 Å². The fourth-order valence-corrected chi connectivity index (χ4v) is 2.92. The zero-order valence-electron chi connectivity index (χ0n) is 15.8. The number of halogens is 1. The molecule has 3 aromatic rings. The van der Waals surface area contributed by atoms with Gasteiger partial charge in [0.1, 0.15) is 6.54 Å². The van der Waals surface area contributed by atoms with Crippen molar-refractivity contribution in [1.29, 1.82) is 0 Å². The SMILES string of the molecule is Cc1ccn(CC(=O)Nc2ccc(C(=O)NCc3ccccc3Cl)cc2)c(=O)c1. The lowest BCUT2D eigenvalue weighted by Gasteiger charge is -2.09. The summed E-state index contributed by atoms with van der Waals surface area (Å²) >= 11 is 6.09. The summed E-state index contributed by atoms with van der Waals surface area (Å²) in [5.41, 5.74) is 2.45. The topological polar surface area (TPSA) is 80.2 Å². The van der Waals surface area contributed by atoms with Gasteiger partial charge in [-0.1, -0.05) is 29.8 Å². The van der Waals surface area contributed by atoms with E-state index in [9.17, 15) is 14.4 Å². The number of hydrogen-bond acceptors (Lipinski definition) is 3. The van der Waals surface area contributed by atoms with Crippen molar-refractivity contribution in [1.82, 2.24) is 9.88 Å². The van der Waals surface area contributed by atoms with E-state index < -0.39 is 0 Å². The minimum absolute atomic E-state index is 0.0841. The highest BCUT2D eigenvalue weighted by Gasteiger charge is 2.09. The molecule has 1 heterocycles. The van der Waals surface area contributed by atoms with Crippen molar-refractivity contribution >= 4 is 29.1 Å². The number of pyridine rings is 1. The average Bonchev–Trinajstić information content (AvgIpc) is 2.70. The predicted octanol–water partition coefficient (Wildman–Crippen LogP) is 3.38. The van der Waals surface area contributed by atoms with Crippen LogP contribution in [0, 0.1) is 6.92 Å². The summed E-state index contributed by atoms with van der Waals surface area (Å²) in [7, 11) is 0. The van der Waals surface area contributed by atoms with Crippen LogP contribution < -0.4 is 16.2 Å². The number of carbonyl (C=O) groups excluding carboxylic acids is 2. The number of carbonyl (C=O) groups is 2. The number of anilines is 1. The number of nitrogens with one attached hydrogen (secondary N) is 2. The van der Waals surface area contributed by atoms with Gasteiger partial charge in [-0.3, -0.25) is 14.4 Å². The number of hydrogen-bond donors (Lipinski definition) is 2. The Morgan fingerprint density at radius 2 is 1.76 bits per heavy atom. The fraction of sp³-hybridized carbons (Fsp3) is 0.136. The first-order chi connectivity index (χ1) is 13.9. The van der Waals surface area contributed by atoms with Crippen molar-refractivity contribution in [3.8, 4) is 0 Å². The molecule has 2 amide bonds. The highest BCUT2D eigenvalue weighted by molar-refractivity contribution is 6.31. The van der Waals surface area contributed by atoms with E-state index in [4.69, 9.17) is 11.6 Å². The number of rotatable bonds is 6. The zero-order chi connectivity index (χ0) is 20.8. The molecule has 0 radical (unpaired) electrons. The van der Waals surface area contributed by atoms with Crippen LogP contribution in [-0.4, -0.2) is 16.4 Å². The Morgan fingerprint density at radius 1 is 1.03 bits per heavy atom. The summed E-state index contributed by atoms with van der Waals surface area (Å²) < 4.78 is 1.33. The maximum Gasteiger partial charge on any atom is 0.251 e. The van der Waals surface area contributed by atoms with E-state index in [1.165, 1.54) is 10.6 Å². The Kier molecular flexibility index (Phi) is 6.46. The van der Waals surface area contributed by atoms with Gasteiger partial charge in [-0.05, 0) is 54.4 Å². The summed E-state index contributed by atoms with van der Waals surface area (Å²) in [5.74, 6) is -0.569. The van der Waals surface area contributed by atoms with Crippen molar-refractivity contribution in [3.63, 3.8) is 0 Å². The quantitative estimate of drug-likeness (QED) is 0.655. The highest BCUT2D eigenvalue weighted by Crippen LogP contribution is 2.15. The Morgan fingerprint density at radius 3 is 2.45 bits per heavy atom. The third-order valence-corrected chi connectivity index (χ3v) is 4.66. The maximum atomic E-state index is 12.3. The molecule has 2 aromatic carbocycles. The summed E-state index contributed by atoms with van der Waals surface area (Å²) in [6.07, 6.45) is 1.59. The zero-order valence-corrected chi connectivity index (χ0v) is 16.6. The number of aryl methyl sites for hydroxylation is 1. The number of nitrogens with zero attached hydrogens (tertiary/aromatic N) is 1. The molecule has 3 rings (SSSR count). The largest absolute Gasteiger partial charge is 0.348 e. The van der Waals surface area contributed by atoms with Crippen molar-refractivity contribution in [2.45, 2.75) is 20.0 Å². The third kappa shape index (κ3) is 5.56. The van der Waals surface area contributed by atoms with Gasteiger partial charge in [0.2, 0.25) is 5.91 Å². The van der Waals surface area contributed by atoms with Crippen LogP contribution >= 0.6 is 11.6 Å². The first-order valence-corrected chi connectivity index (χ1v) is 9.39. The van der Waals surface area contributed by atoms with Crippen molar-refractivity contribution < 1.29 is 9.59 Å². The van der Waals surface area contributed by atoms with E-state index in [0.717, 1.165) is 11.1 Å². The molecule has 0 fully saturated rings. The van der Waals surface area contributed by atoms with E-state index in [2.05, 4.69) is 10.6 Å². The molecule has 0 spiro atoms. The van der Waals surface area contributed by atoms with Crippen LogP contribution in [0.1, 0.15) is 21.5 Å². The van der Waals surface area contributed by atoms with Gasteiger partial charge in [0, 0.05) is 35.1 Å². The third-order valence-electron chi connectivity index (χ3n) is 4.29. The molecule has 2 N–H and O–H groups in total. The molecule has 0 bridgehead atoms. The maximum absolute atomic E-state index is 12.3. The van der Waals surface area contributed by atoms with Crippen LogP contribution in [0.5, 0.6) is 0 Å². The second-order valence-electron chi connectivity index (χ2n) is 6.57. The second-order valence-corrected chi connectivity index (χ2v) is 6.98. The van der Waals surface area contributed by atoms with E-state index in [-0.39, 0.29) is 23.9 Å². The summed E-state index contributed by atoms with van der Waals surface area (Å²) in [5, 5.41) is 6.12. The monoisotopic (exact) mass is 409 g/mol. The van der Waals surface area contributed by atoms with Crippen molar-refractivity contribution in [3.05, 3.63) is 98.9 Å². The van der Waals surface area contributed by atoms with Gasteiger partial charge in [-0.2, -0.15) is 0 Å². The molecular formula is C22H20ClN3O3. The van der Waals surface area contributed by atoms with Crippen LogP contribution in [0.3, 0.4) is 0 Å². The molecular weight excluding hydrogens is 390 g/mol. The molecule has 0 saturated heterocycles. The van der Waals surface area contributed by atoms with Crippen molar-refractivity contribution in [2.24, 2.45) is 0 Å². The summed E-state index contributed by atoms with van der Waals surface area (Å²) in [6, 6.07) is 17.1. The first-order valence-electron chi connectivity index (χ1n) is 9.01. The lowest BCUT2D eigenvalue weighted by Crippen LogP contribution is -2.27. The first kappa shape index (κ1) is 20.4. The molecule has 148 valence electrons. The Bertz CT molecular complexity index is 1090. The van der Waals surface area contributed by atoms with Gasteiger partial charge < -0.3 is 15.2 Å². The molecule has 29 heavy (non-hydrogen) atoms. The molecule has 6 nitrogen and oxygen atoms in total. The standard InChI is InChI=1S/C22H20ClN3O3/c1-15-10-11-26(21(28)12-15)14-20(27)25-18-8-6-16(7-9-18)22(29)24-13-17-4-2-3-5-19(17)23/h2-12H,13-14H2,1H3,(H,24,29)(H,25,27). The van der Waals surface area contributed by atoms with Gasteiger partial charge in [0.05, 0.1) is 0 Å². The van der Waals surface area contributed by atoms with E-state index in [1.807, 2.05) is 25.1 Å². The van der Waals surface area contributed by atoms with E-state index in [0.29, 0.717) is 22.8 Å². The number of benzene rings is 2. The lowest BCUT2D eigenvalue weighted by molar-refractivity contribution is -0.116. The van der Waals surface area contributed by atoms with E-state index in [1.54, 1.807) is 42.6 Å². The molecule has 7 heteroatoms. The molecule has 0 aliphatic rings.